The number of anilines is 1. The molecule has 6 nitrogen and oxygen atoms in total. The van der Waals surface area contributed by atoms with E-state index in [1.807, 2.05) is 13.0 Å². The zero-order chi connectivity index (χ0) is 19.6. The number of hydrogen-bond donors (Lipinski definition) is 3. The number of carbonyl (C=O) groups is 1. The first-order valence-corrected chi connectivity index (χ1v) is 9.49. The second-order valence-electron chi connectivity index (χ2n) is 7.19. The number of ether oxygens (including phenoxy) is 1. The molecule has 1 fully saturated rings. The van der Waals surface area contributed by atoms with E-state index in [1.54, 1.807) is 18.2 Å². The Bertz CT molecular complexity index is 779. The van der Waals surface area contributed by atoms with Crippen LogP contribution >= 0.6 is 0 Å². The molecule has 2 aliphatic rings. The summed E-state index contributed by atoms with van der Waals surface area (Å²) < 4.78 is 5.48. The summed E-state index contributed by atoms with van der Waals surface area (Å²) >= 11 is 0. The van der Waals surface area contributed by atoms with E-state index >= 15 is 0 Å². The van der Waals surface area contributed by atoms with Crippen LogP contribution in [-0.4, -0.2) is 48.1 Å². The highest BCUT2D eigenvalue weighted by Crippen LogP contribution is 2.34. The van der Waals surface area contributed by atoms with Gasteiger partial charge >= 0.3 is 5.97 Å². The van der Waals surface area contributed by atoms with Crippen LogP contribution < -0.4 is 10.6 Å². The molecule has 0 unspecified atom stereocenters. The third-order valence-corrected chi connectivity index (χ3v) is 5.49. The number of aliphatic hydroxyl groups is 1. The lowest BCUT2D eigenvalue weighted by atomic mass is 9.90. The fourth-order valence-electron chi connectivity index (χ4n) is 4.01. The van der Waals surface area contributed by atoms with Gasteiger partial charge in [-0.15, -0.1) is 0 Å². The van der Waals surface area contributed by atoms with Crippen LogP contribution in [-0.2, 0) is 4.74 Å². The molecule has 27 heavy (non-hydrogen) atoms. The van der Waals surface area contributed by atoms with Crippen LogP contribution in [0.5, 0.6) is 0 Å². The van der Waals surface area contributed by atoms with Gasteiger partial charge in [0.1, 0.15) is 0 Å². The molecule has 0 saturated carbocycles. The number of allylic oxidation sites excluding steroid dienone is 2. The van der Waals surface area contributed by atoms with Gasteiger partial charge in [0.25, 0.3) is 0 Å². The number of carboxylic acid groups (broad SMARTS) is 1. The minimum absolute atomic E-state index is 0.267. The summed E-state index contributed by atoms with van der Waals surface area (Å²) in [5.41, 5.74) is 9.79. The molecule has 3 rings (SSSR count). The Balaban J connectivity index is 2.10. The number of aliphatic hydroxyl groups excluding tert-OH is 1. The molecule has 6 heteroatoms. The Morgan fingerprint density at radius 1 is 1.30 bits per heavy atom. The second-order valence-corrected chi connectivity index (χ2v) is 7.19. The summed E-state index contributed by atoms with van der Waals surface area (Å²) in [6.07, 6.45) is 5.03. The maximum atomic E-state index is 11.9. The van der Waals surface area contributed by atoms with Crippen molar-refractivity contribution in [2.24, 2.45) is 5.73 Å². The van der Waals surface area contributed by atoms with Gasteiger partial charge in [0.15, 0.2) is 0 Å². The number of nitrogens with two attached hydrogens (primary N) is 1. The Hall–Kier alpha value is -2.31. The lowest BCUT2D eigenvalue weighted by Crippen LogP contribution is -2.40. The highest BCUT2D eigenvalue weighted by atomic mass is 16.5. The van der Waals surface area contributed by atoms with E-state index in [2.05, 4.69) is 11.8 Å². The number of carboxylic acids is 1. The van der Waals surface area contributed by atoms with Crippen molar-refractivity contribution in [2.75, 3.05) is 24.7 Å². The Labute approximate surface area is 159 Å². The first-order chi connectivity index (χ1) is 12.9. The first kappa shape index (κ1) is 19.5. The molecule has 1 atom stereocenters. The molecular formula is C21H28N2O4. The number of hydrogen-bond acceptors (Lipinski definition) is 5. The molecule has 1 aliphatic carbocycles. The SMILES string of the molecule is CCN(c1cc(C2=CC=C(N)C[C@@H]2O)cc(C(=O)O)c1C)C1CCOCC1. The Morgan fingerprint density at radius 3 is 2.59 bits per heavy atom. The molecule has 0 aromatic heterocycles. The minimum Gasteiger partial charge on any atom is -0.478 e. The quantitative estimate of drug-likeness (QED) is 0.735. The van der Waals surface area contributed by atoms with E-state index < -0.39 is 12.1 Å². The van der Waals surface area contributed by atoms with E-state index in [1.165, 1.54) is 0 Å². The van der Waals surface area contributed by atoms with Crippen molar-refractivity contribution in [1.29, 1.82) is 0 Å². The van der Waals surface area contributed by atoms with Gasteiger partial charge in [-0.25, -0.2) is 4.79 Å². The number of nitrogens with zero attached hydrogens (tertiary/aromatic N) is 1. The molecule has 0 spiro atoms. The predicted octanol–water partition coefficient (Wildman–Crippen LogP) is 2.69. The highest BCUT2D eigenvalue weighted by Gasteiger charge is 2.26. The Morgan fingerprint density at radius 2 is 2.00 bits per heavy atom. The monoisotopic (exact) mass is 372 g/mol. The molecule has 4 N–H and O–H groups in total. The normalized spacial score (nSPS) is 20.8. The molecule has 1 aromatic carbocycles. The van der Waals surface area contributed by atoms with Gasteiger partial charge in [-0.1, -0.05) is 6.08 Å². The van der Waals surface area contributed by atoms with Crippen LogP contribution in [0.25, 0.3) is 5.57 Å². The maximum absolute atomic E-state index is 11.9. The number of benzene rings is 1. The van der Waals surface area contributed by atoms with Crippen LogP contribution in [0.4, 0.5) is 5.69 Å². The van der Waals surface area contributed by atoms with Gasteiger partial charge in [0.05, 0.1) is 11.7 Å². The largest absolute Gasteiger partial charge is 0.478 e. The number of rotatable bonds is 5. The van der Waals surface area contributed by atoms with Gasteiger partial charge < -0.3 is 25.6 Å². The molecule has 0 radical (unpaired) electrons. The lowest BCUT2D eigenvalue weighted by molar-refractivity contribution is 0.0695. The molecular weight excluding hydrogens is 344 g/mol. The number of aromatic carboxylic acids is 1. The van der Waals surface area contributed by atoms with E-state index in [9.17, 15) is 15.0 Å². The van der Waals surface area contributed by atoms with Gasteiger partial charge in [0.2, 0.25) is 0 Å². The maximum Gasteiger partial charge on any atom is 0.336 e. The topological polar surface area (TPSA) is 96.0 Å². The fraction of sp³-hybridized carbons (Fsp3) is 0.476. The van der Waals surface area contributed by atoms with Crippen molar-refractivity contribution in [2.45, 2.75) is 45.3 Å². The third kappa shape index (κ3) is 4.01. The van der Waals surface area contributed by atoms with Crippen molar-refractivity contribution in [3.8, 4) is 0 Å². The van der Waals surface area contributed by atoms with Gasteiger partial charge in [-0.2, -0.15) is 0 Å². The summed E-state index contributed by atoms with van der Waals surface area (Å²) in [7, 11) is 0. The van der Waals surface area contributed by atoms with Gasteiger partial charge in [-0.3, -0.25) is 0 Å². The van der Waals surface area contributed by atoms with Crippen LogP contribution in [0.2, 0.25) is 0 Å². The smallest absolute Gasteiger partial charge is 0.336 e. The second kappa shape index (κ2) is 8.15. The molecule has 1 heterocycles. The van der Waals surface area contributed by atoms with Crippen molar-refractivity contribution < 1.29 is 19.7 Å². The first-order valence-electron chi connectivity index (χ1n) is 9.49. The summed E-state index contributed by atoms with van der Waals surface area (Å²) in [5, 5.41) is 20.2. The zero-order valence-corrected chi connectivity index (χ0v) is 15.9. The van der Waals surface area contributed by atoms with E-state index in [0.29, 0.717) is 23.7 Å². The molecule has 0 bridgehead atoms. The minimum atomic E-state index is -0.959. The zero-order valence-electron chi connectivity index (χ0n) is 15.9. The molecule has 1 aliphatic heterocycles. The average Bonchev–Trinajstić information content (AvgIpc) is 2.64. The molecule has 1 saturated heterocycles. The highest BCUT2D eigenvalue weighted by molar-refractivity contribution is 5.93. The molecule has 146 valence electrons. The van der Waals surface area contributed by atoms with E-state index in [4.69, 9.17) is 10.5 Å². The summed E-state index contributed by atoms with van der Waals surface area (Å²) in [5.74, 6) is -0.959. The standard InChI is InChI=1S/C21H28N2O4/c1-3-23(16-6-8-27-9-7-16)19-11-14(10-18(13(19)2)21(25)26)17-5-4-15(22)12-20(17)24/h4-5,10-11,16,20,24H,3,6-9,12,22H2,1-2H3,(H,25,26)/t20-/m0/s1. The van der Waals surface area contributed by atoms with Crippen molar-refractivity contribution in [3.63, 3.8) is 0 Å². The summed E-state index contributed by atoms with van der Waals surface area (Å²) in [4.78, 5) is 14.1. The average molecular weight is 372 g/mol. The molecule has 1 aromatic rings. The van der Waals surface area contributed by atoms with Crippen LogP contribution in [0.3, 0.4) is 0 Å². The summed E-state index contributed by atoms with van der Waals surface area (Å²) in [6, 6.07) is 3.98. The van der Waals surface area contributed by atoms with Crippen LogP contribution in [0.15, 0.2) is 30.0 Å². The Kier molecular flexibility index (Phi) is 5.87. The van der Waals surface area contributed by atoms with Crippen LogP contribution in [0, 0.1) is 6.92 Å². The third-order valence-electron chi connectivity index (χ3n) is 5.49. The fourth-order valence-corrected chi connectivity index (χ4v) is 4.01. The van der Waals surface area contributed by atoms with Crippen molar-refractivity contribution in [1.82, 2.24) is 0 Å². The van der Waals surface area contributed by atoms with E-state index in [0.717, 1.165) is 49.4 Å². The predicted molar refractivity (Wildman–Crippen MR) is 106 cm³/mol. The van der Waals surface area contributed by atoms with Crippen molar-refractivity contribution in [3.05, 3.63) is 46.7 Å². The van der Waals surface area contributed by atoms with E-state index in [-0.39, 0.29) is 5.56 Å². The molecule has 0 amide bonds. The van der Waals surface area contributed by atoms with Crippen molar-refractivity contribution >= 4 is 17.2 Å². The lowest BCUT2D eigenvalue weighted by Gasteiger charge is -2.37. The van der Waals surface area contributed by atoms with Gasteiger partial charge in [-0.05, 0) is 61.6 Å². The van der Waals surface area contributed by atoms with Gasteiger partial charge in [0, 0.05) is 43.6 Å². The summed E-state index contributed by atoms with van der Waals surface area (Å²) in [6.45, 7) is 6.16. The van der Waals surface area contributed by atoms with Crippen LogP contribution in [0.1, 0.15) is 47.7 Å².